The van der Waals surface area contributed by atoms with E-state index in [0.717, 1.165) is 0 Å². The Labute approximate surface area is 148 Å². The largest absolute Gasteiger partial charge is 0.319 e. The van der Waals surface area contributed by atoms with Gasteiger partial charge in [-0.25, -0.2) is 14.4 Å². The van der Waals surface area contributed by atoms with E-state index in [1.807, 2.05) is 0 Å². The summed E-state index contributed by atoms with van der Waals surface area (Å²) in [6.07, 6.45) is 5.64. The highest BCUT2D eigenvalue weighted by atomic mass is 19.1. The fourth-order valence-electron chi connectivity index (χ4n) is 2.19. The van der Waals surface area contributed by atoms with Crippen LogP contribution in [0.25, 0.3) is 0 Å². The molecule has 0 saturated heterocycles. The van der Waals surface area contributed by atoms with Crippen molar-refractivity contribution in [1.29, 1.82) is 0 Å². The van der Waals surface area contributed by atoms with Crippen molar-refractivity contribution in [2.75, 3.05) is 10.6 Å². The lowest BCUT2D eigenvalue weighted by Crippen LogP contribution is -2.16. The number of anilines is 2. The number of nitrogens with zero attached hydrogens (tertiary/aromatic N) is 3. The van der Waals surface area contributed by atoms with E-state index < -0.39 is 17.6 Å². The number of amides is 2. The minimum atomic E-state index is -0.616. The molecule has 7 nitrogen and oxygen atoms in total. The molecule has 0 spiro atoms. The summed E-state index contributed by atoms with van der Waals surface area (Å²) in [5.41, 5.74) is 1.22. The van der Waals surface area contributed by atoms with Crippen LogP contribution in [0.1, 0.15) is 26.4 Å². The zero-order valence-electron chi connectivity index (χ0n) is 13.7. The summed E-state index contributed by atoms with van der Waals surface area (Å²) in [5.74, 6) is -1.40. The van der Waals surface area contributed by atoms with Crippen LogP contribution in [0.3, 0.4) is 0 Å². The van der Waals surface area contributed by atoms with Crippen LogP contribution >= 0.6 is 0 Å². The van der Waals surface area contributed by atoms with Crippen LogP contribution < -0.4 is 10.6 Å². The lowest BCUT2D eigenvalue weighted by Gasteiger charge is -2.10. The lowest BCUT2D eigenvalue weighted by molar-refractivity contribution is 0.101. The number of benzene rings is 1. The van der Waals surface area contributed by atoms with Crippen LogP contribution in [0.5, 0.6) is 0 Å². The molecular weight excluding hydrogens is 337 g/mol. The van der Waals surface area contributed by atoms with Crippen molar-refractivity contribution < 1.29 is 14.0 Å². The van der Waals surface area contributed by atoms with Gasteiger partial charge >= 0.3 is 0 Å². The van der Waals surface area contributed by atoms with Crippen LogP contribution in [0.2, 0.25) is 0 Å². The van der Waals surface area contributed by atoms with Crippen molar-refractivity contribution in [3.05, 3.63) is 77.8 Å². The second kappa shape index (κ2) is 7.47. The van der Waals surface area contributed by atoms with E-state index in [-0.39, 0.29) is 17.1 Å². The van der Waals surface area contributed by atoms with Gasteiger partial charge in [0.25, 0.3) is 11.8 Å². The number of hydrogen-bond donors (Lipinski definition) is 2. The highest BCUT2D eigenvalue weighted by Gasteiger charge is 2.13. The average Bonchev–Trinajstić information content (AvgIpc) is 2.65. The summed E-state index contributed by atoms with van der Waals surface area (Å²) in [4.78, 5) is 36.0. The van der Waals surface area contributed by atoms with Crippen molar-refractivity contribution in [3.8, 4) is 0 Å². The van der Waals surface area contributed by atoms with E-state index in [2.05, 4.69) is 25.6 Å². The molecule has 8 heteroatoms. The molecule has 2 heterocycles. The van der Waals surface area contributed by atoms with Crippen molar-refractivity contribution in [2.24, 2.45) is 0 Å². The molecule has 0 aliphatic rings. The number of nitrogens with one attached hydrogen (secondary N) is 2. The Morgan fingerprint density at radius 1 is 1.00 bits per heavy atom. The SMILES string of the molecule is Cc1cc(NC(=O)c2ccccc2F)ncc1NC(=O)c1cnccn1. The standard InChI is InChI=1S/C18H14FN5O2/c1-11-8-16(24-17(25)12-4-2-3-5-13(12)19)22-10-14(11)23-18(26)15-9-20-6-7-21-15/h2-10H,1H3,(H,23,26)(H,22,24,25). The summed E-state index contributed by atoms with van der Waals surface area (Å²) < 4.78 is 13.7. The number of hydrogen-bond acceptors (Lipinski definition) is 5. The van der Waals surface area contributed by atoms with Gasteiger partial charge < -0.3 is 10.6 Å². The highest BCUT2D eigenvalue weighted by molar-refractivity contribution is 6.05. The van der Waals surface area contributed by atoms with Gasteiger partial charge in [-0.05, 0) is 30.7 Å². The summed E-state index contributed by atoms with van der Waals surface area (Å²) in [7, 11) is 0. The Morgan fingerprint density at radius 2 is 1.81 bits per heavy atom. The van der Waals surface area contributed by atoms with E-state index in [9.17, 15) is 14.0 Å². The molecule has 0 aliphatic carbocycles. The van der Waals surface area contributed by atoms with Crippen LogP contribution in [-0.2, 0) is 0 Å². The van der Waals surface area contributed by atoms with Crippen molar-refractivity contribution in [1.82, 2.24) is 15.0 Å². The molecular formula is C18H14FN5O2. The Hall–Kier alpha value is -3.68. The molecule has 1 aromatic carbocycles. The molecule has 2 amide bonds. The normalized spacial score (nSPS) is 10.2. The van der Waals surface area contributed by atoms with Gasteiger partial charge in [-0.2, -0.15) is 0 Å². The highest BCUT2D eigenvalue weighted by Crippen LogP contribution is 2.18. The summed E-state index contributed by atoms with van der Waals surface area (Å²) in [5, 5.41) is 5.20. The molecule has 3 rings (SSSR count). The summed E-state index contributed by atoms with van der Waals surface area (Å²) in [6, 6.07) is 7.24. The Morgan fingerprint density at radius 3 is 2.50 bits per heavy atom. The number of rotatable bonds is 4. The zero-order valence-corrected chi connectivity index (χ0v) is 13.7. The fourth-order valence-corrected chi connectivity index (χ4v) is 2.19. The number of halogens is 1. The minimum absolute atomic E-state index is 0.0769. The van der Waals surface area contributed by atoms with Crippen LogP contribution in [-0.4, -0.2) is 26.8 Å². The number of aromatic nitrogens is 3. The second-order valence-electron chi connectivity index (χ2n) is 5.36. The first kappa shape index (κ1) is 17.2. The molecule has 3 aromatic rings. The second-order valence-corrected chi connectivity index (χ2v) is 5.36. The number of aryl methyl sites for hydroxylation is 1. The van der Waals surface area contributed by atoms with Gasteiger partial charge in [-0.3, -0.25) is 14.6 Å². The molecule has 26 heavy (non-hydrogen) atoms. The van der Waals surface area contributed by atoms with Gasteiger partial charge in [0.15, 0.2) is 0 Å². The number of carbonyl (C=O) groups is 2. The third-order valence-electron chi connectivity index (χ3n) is 3.51. The van der Waals surface area contributed by atoms with Gasteiger partial charge in [0.1, 0.15) is 17.3 Å². The van der Waals surface area contributed by atoms with Crippen molar-refractivity contribution in [3.63, 3.8) is 0 Å². The topological polar surface area (TPSA) is 96.9 Å². The maximum Gasteiger partial charge on any atom is 0.275 e. The monoisotopic (exact) mass is 351 g/mol. The lowest BCUT2D eigenvalue weighted by atomic mass is 10.2. The molecule has 0 unspecified atom stereocenters. The molecule has 0 fully saturated rings. The molecule has 0 radical (unpaired) electrons. The van der Waals surface area contributed by atoms with Crippen LogP contribution in [0.4, 0.5) is 15.9 Å². The van der Waals surface area contributed by atoms with Crippen LogP contribution in [0.15, 0.2) is 55.1 Å². The average molecular weight is 351 g/mol. The van der Waals surface area contributed by atoms with Crippen molar-refractivity contribution in [2.45, 2.75) is 6.92 Å². The third-order valence-corrected chi connectivity index (χ3v) is 3.51. The number of carbonyl (C=O) groups excluding carboxylic acids is 2. The Bertz CT molecular complexity index is 963. The van der Waals surface area contributed by atoms with Gasteiger partial charge in [-0.1, -0.05) is 12.1 Å². The molecule has 0 aliphatic heterocycles. The Balaban J connectivity index is 1.72. The first-order valence-electron chi connectivity index (χ1n) is 7.64. The predicted molar refractivity (Wildman–Crippen MR) is 93.3 cm³/mol. The van der Waals surface area contributed by atoms with Crippen LogP contribution in [0, 0.1) is 12.7 Å². The molecule has 2 N–H and O–H groups in total. The van der Waals surface area contributed by atoms with E-state index in [1.165, 1.54) is 43.0 Å². The predicted octanol–water partition coefficient (Wildman–Crippen LogP) is 2.82. The molecule has 0 saturated carbocycles. The van der Waals surface area contributed by atoms with E-state index in [0.29, 0.717) is 11.3 Å². The van der Waals surface area contributed by atoms with Gasteiger partial charge in [-0.15, -0.1) is 0 Å². The maximum absolute atomic E-state index is 13.7. The molecule has 2 aromatic heterocycles. The minimum Gasteiger partial charge on any atom is -0.319 e. The smallest absolute Gasteiger partial charge is 0.275 e. The summed E-state index contributed by atoms with van der Waals surface area (Å²) in [6.45, 7) is 1.74. The van der Waals surface area contributed by atoms with E-state index >= 15 is 0 Å². The third kappa shape index (κ3) is 3.86. The van der Waals surface area contributed by atoms with Gasteiger partial charge in [0, 0.05) is 12.4 Å². The Kier molecular flexibility index (Phi) is 4.93. The first-order chi connectivity index (χ1) is 12.5. The fraction of sp³-hybridized carbons (Fsp3) is 0.0556. The summed E-state index contributed by atoms with van der Waals surface area (Å²) >= 11 is 0. The van der Waals surface area contributed by atoms with Crippen molar-refractivity contribution >= 4 is 23.3 Å². The zero-order chi connectivity index (χ0) is 18.5. The first-order valence-corrected chi connectivity index (χ1v) is 7.64. The van der Waals surface area contributed by atoms with Gasteiger partial charge in [0.05, 0.1) is 23.6 Å². The number of pyridine rings is 1. The quantitative estimate of drug-likeness (QED) is 0.753. The molecule has 0 atom stereocenters. The van der Waals surface area contributed by atoms with Gasteiger partial charge in [0.2, 0.25) is 0 Å². The molecule has 130 valence electrons. The molecule has 0 bridgehead atoms. The van der Waals surface area contributed by atoms with E-state index in [4.69, 9.17) is 0 Å². The maximum atomic E-state index is 13.7. The van der Waals surface area contributed by atoms with E-state index in [1.54, 1.807) is 19.1 Å².